The summed E-state index contributed by atoms with van der Waals surface area (Å²) in [5.41, 5.74) is 10.5. The van der Waals surface area contributed by atoms with Crippen LogP contribution in [0.1, 0.15) is 37.8 Å². The van der Waals surface area contributed by atoms with Crippen molar-refractivity contribution in [2.75, 3.05) is 19.8 Å². The minimum atomic E-state index is -0.455. The molecule has 0 aromatic heterocycles. The molecule has 3 N–H and O–H groups in total. The summed E-state index contributed by atoms with van der Waals surface area (Å²) >= 11 is 0. The van der Waals surface area contributed by atoms with Crippen LogP contribution in [0.2, 0.25) is 0 Å². The maximum absolute atomic E-state index is 12.1. The molecule has 0 saturated heterocycles. The number of ether oxygens (including phenoxy) is 2. The molecule has 2 aromatic rings. The monoisotopic (exact) mass is 368 g/mol. The lowest BCUT2D eigenvalue weighted by atomic mass is 9.98. The molecule has 0 aliphatic heterocycles. The van der Waals surface area contributed by atoms with E-state index >= 15 is 0 Å². The smallest absolute Gasteiger partial charge is 0.407 e. The molecule has 27 heavy (non-hydrogen) atoms. The molecule has 1 aliphatic rings. The van der Waals surface area contributed by atoms with Crippen LogP contribution in [-0.2, 0) is 9.47 Å². The number of fused-ring (bicyclic) bond motifs is 3. The second-order valence-corrected chi connectivity index (χ2v) is 7.89. The number of hydrogen-bond donors (Lipinski definition) is 2. The van der Waals surface area contributed by atoms with Gasteiger partial charge in [0.2, 0.25) is 0 Å². The lowest BCUT2D eigenvalue weighted by Crippen LogP contribution is -2.42. The maximum atomic E-state index is 12.1. The summed E-state index contributed by atoms with van der Waals surface area (Å²) in [7, 11) is 0. The molecule has 0 spiro atoms. The van der Waals surface area contributed by atoms with Gasteiger partial charge in [-0.1, -0.05) is 48.5 Å². The molecule has 1 aliphatic carbocycles. The number of carbonyl (C=O) groups excluding carboxylic acids is 1. The van der Waals surface area contributed by atoms with E-state index in [2.05, 4.69) is 29.6 Å². The van der Waals surface area contributed by atoms with Crippen LogP contribution in [0.25, 0.3) is 11.1 Å². The molecule has 0 radical (unpaired) electrons. The van der Waals surface area contributed by atoms with Crippen LogP contribution in [0.3, 0.4) is 0 Å². The van der Waals surface area contributed by atoms with Crippen molar-refractivity contribution in [3.05, 3.63) is 59.7 Å². The highest BCUT2D eigenvalue weighted by Crippen LogP contribution is 2.44. The normalized spacial score (nSPS) is 14.4. The van der Waals surface area contributed by atoms with Gasteiger partial charge in [0.25, 0.3) is 0 Å². The molecule has 0 fully saturated rings. The van der Waals surface area contributed by atoms with Gasteiger partial charge in [-0.3, -0.25) is 0 Å². The van der Waals surface area contributed by atoms with Crippen molar-refractivity contribution in [1.82, 2.24) is 5.32 Å². The molecule has 5 nitrogen and oxygen atoms in total. The van der Waals surface area contributed by atoms with E-state index in [1.807, 2.05) is 45.0 Å². The van der Waals surface area contributed by atoms with E-state index < -0.39 is 6.09 Å². The van der Waals surface area contributed by atoms with Crippen LogP contribution in [0, 0.1) is 0 Å². The summed E-state index contributed by atoms with van der Waals surface area (Å²) in [5.74, 6) is 0.0565. The molecule has 0 unspecified atom stereocenters. The van der Waals surface area contributed by atoms with Gasteiger partial charge in [-0.2, -0.15) is 0 Å². The lowest BCUT2D eigenvalue weighted by Gasteiger charge is -2.22. The van der Waals surface area contributed by atoms with Crippen LogP contribution in [0.5, 0.6) is 0 Å². The van der Waals surface area contributed by atoms with Gasteiger partial charge in [-0.15, -0.1) is 0 Å². The third-order valence-electron chi connectivity index (χ3n) is 4.58. The first-order valence-corrected chi connectivity index (χ1v) is 9.33. The summed E-state index contributed by atoms with van der Waals surface area (Å²) in [4.78, 5) is 12.1. The van der Waals surface area contributed by atoms with Crippen molar-refractivity contribution in [3.63, 3.8) is 0 Å². The molecule has 0 bridgehead atoms. The molecule has 0 heterocycles. The molecular weight excluding hydrogens is 340 g/mol. The summed E-state index contributed by atoms with van der Waals surface area (Å²) < 4.78 is 11.1. The van der Waals surface area contributed by atoms with Crippen molar-refractivity contribution in [2.24, 2.45) is 5.73 Å². The first-order chi connectivity index (χ1) is 12.8. The van der Waals surface area contributed by atoms with Gasteiger partial charge in [0, 0.05) is 18.5 Å². The number of alkyl carbamates (subject to hydrolysis) is 1. The van der Waals surface area contributed by atoms with Crippen LogP contribution in [-0.4, -0.2) is 37.5 Å². The largest absolute Gasteiger partial charge is 0.449 e. The first kappa shape index (κ1) is 19.4. The standard InChI is InChI=1S/C22H28N2O3/c1-22(2,3)27-13-15(23)12-24-21(25)26-14-20-18-10-6-4-8-16(18)17-9-5-7-11-19(17)20/h4-11,15,20H,12-14,23H2,1-3H3,(H,24,25)/t15-/m1/s1. The number of rotatable bonds is 6. The Kier molecular flexibility index (Phi) is 5.82. The molecule has 144 valence electrons. The molecule has 2 aromatic carbocycles. The van der Waals surface area contributed by atoms with Crippen LogP contribution in [0.4, 0.5) is 4.79 Å². The highest BCUT2D eigenvalue weighted by Gasteiger charge is 2.29. The summed E-state index contributed by atoms with van der Waals surface area (Å²) in [6.07, 6.45) is -0.455. The zero-order valence-corrected chi connectivity index (χ0v) is 16.2. The molecule has 5 heteroatoms. The number of benzene rings is 2. The minimum absolute atomic E-state index is 0.0565. The highest BCUT2D eigenvalue weighted by molar-refractivity contribution is 5.79. The SMILES string of the molecule is CC(C)(C)OC[C@H](N)CNC(=O)OCC1c2ccccc2-c2ccccc21. The van der Waals surface area contributed by atoms with Gasteiger partial charge in [0.15, 0.2) is 0 Å². The van der Waals surface area contributed by atoms with E-state index in [4.69, 9.17) is 15.2 Å². The average Bonchev–Trinajstić information content (AvgIpc) is 2.96. The van der Waals surface area contributed by atoms with E-state index in [9.17, 15) is 4.79 Å². The number of nitrogens with one attached hydrogen (secondary N) is 1. The second-order valence-electron chi connectivity index (χ2n) is 7.89. The number of hydrogen-bond acceptors (Lipinski definition) is 4. The number of nitrogens with two attached hydrogens (primary N) is 1. The Morgan fingerprint density at radius 1 is 1.07 bits per heavy atom. The minimum Gasteiger partial charge on any atom is -0.449 e. The summed E-state index contributed by atoms with van der Waals surface area (Å²) in [5, 5.41) is 2.72. The Morgan fingerprint density at radius 2 is 1.63 bits per heavy atom. The van der Waals surface area contributed by atoms with E-state index in [-0.39, 0.29) is 17.6 Å². The second kappa shape index (κ2) is 8.11. The predicted molar refractivity (Wildman–Crippen MR) is 107 cm³/mol. The zero-order chi connectivity index (χ0) is 19.4. The van der Waals surface area contributed by atoms with Crippen molar-refractivity contribution in [2.45, 2.75) is 38.3 Å². The first-order valence-electron chi connectivity index (χ1n) is 9.33. The van der Waals surface area contributed by atoms with E-state index in [0.29, 0.717) is 19.8 Å². The topological polar surface area (TPSA) is 73.6 Å². The van der Waals surface area contributed by atoms with Gasteiger partial charge in [-0.25, -0.2) is 4.79 Å². The number of amides is 1. The van der Waals surface area contributed by atoms with Crippen LogP contribution < -0.4 is 11.1 Å². The van der Waals surface area contributed by atoms with E-state index in [0.717, 1.165) is 0 Å². The number of carbonyl (C=O) groups is 1. The fraction of sp³-hybridized carbons (Fsp3) is 0.409. The summed E-state index contributed by atoms with van der Waals surface area (Å²) in [6, 6.07) is 16.3. The Morgan fingerprint density at radius 3 is 2.19 bits per heavy atom. The molecule has 1 amide bonds. The highest BCUT2D eigenvalue weighted by atomic mass is 16.5. The van der Waals surface area contributed by atoms with E-state index in [1.165, 1.54) is 22.3 Å². The fourth-order valence-corrected chi connectivity index (χ4v) is 3.28. The fourth-order valence-electron chi connectivity index (χ4n) is 3.28. The summed E-state index contributed by atoms with van der Waals surface area (Å²) in [6.45, 7) is 6.91. The van der Waals surface area contributed by atoms with Gasteiger partial charge >= 0.3 is 6.09 Å². The van der Waals surface area contributed by atoms with Gasteiger partial charge in [0.05, 0.1) is 12.2 Å². The zero-order valence-electron chi connectivity index (χ0n) is 16.2. The molecule has 3 rings (SSSR count). The molecular formula is C22H28N2O3. The van der Waals surface area contributed by atoms with Crippen molar-refractivity contribution in [3.8, 4) is 11.1 Å². The quantitative estimate of drug-likeness (QED) is 0.816. The van der Waals surface area contributed by atoms with Gasteiger partial charge in [0.1, 0.15) is 6.61 Å². The predicted octanol–water partition coefficient (Wildman–Crippen LogP) is 3.67. The Hall–Kier alpha value is -2.37. The molecule has 0 saturated carbocycles. The Bertz CT molecular complexity index is 753. The molecule has 1 atom stereocenters. The lowest BCUT2D eigenvalue weighted by molar-refractivity contribution is -0.00967. The maximum Gasteiger partial charge on any atom is 0.407 e. The average molecular weight is 368 g/mol. The van der Waals surface area contributed by atoms with E-state index in [1.54, 1.807) is 0 Å². The van der Waals surface area contributed by atoms with Crippen molar-refractivity contribution in [1.29, 1.82) is 0 Å². The van der Waals surface area contributed by atoms with Gasteiger partial charge < -0.3 is 20.5 Å². The van der Waals surface area contributed by atoms with Crippen LogP contribution >= 0.6 is 0 Å². The van der Waals surface area contributed by atoms with Crippen molar-refractivity contribution >= 4 is 6.09 Å². The van der Waals surface area contributed by atoms with Gasteiger partial charge in [-0.05, 0) is 43.0 Å². The third kappa shape index (κ3) is 4.87. The Balaban J connectivity index is 1.54. The third-order valence-corrected chi connectivity index (χ3v) is 4.58. The van der Waals surface area contributed by atoms with Crippen LogP contribution in [0.15, 0.2) is 48.5 Å². The van der Waals surface area contributed by atoms with Crippen molar-refractivity contribution < 1.29 is 14.3 Å². The Labute approximate surface area is 160 Å².